The molecule has 0 N–H and O–H groups in total. The molecule has 0 atom stereocenters. The molecule has 0 unspecified atom stereocenters. The van der Waals surface area contributed by atoms with Crippen LogP contribution in [0.1, 0.15) is 27.7 Å². The monoisotopic (exact) mass is 141 g/mol. The van der Waals surface area contributed by atoms with Crippen LogP contribution in [0, 0.1) is 11.8 Å². The van der Waals surface area contributed by atoms with Crippen molar-refractivity contribution in [3.05, 3.63) is 0 Å². The Labute approximate surface area is 65.7 Å². The minimum absolute atomic E-state index is 0.755. The van der Waals surface area contributed by atoms with E-state index in [4.69, 9.17) is 0 Å². The van der Waals surface area contributed by atoms with Gasteiger partial charge in [0, 0.05) is 0 Å². The van der Waals surface area contributed by atoms with Crippen molar-refractivity contribution in [3.63, 3.8) is 0 Å². The van der Waals surface area contributed by atoms with Gasteiger partial charge in [-0.25, -0.2) is 0 Å². The van der Waals surface area contributed by atoms with Crippen LogP contribution in [-0.2, 0) is 0 Å². The molecule has 0 aromatic heterocycles. The lowest BCUT2D eigenvalue weighted by Crippen LogP contribution is -1.99. The highest BCUT2D eigenvalue weighted by Gasteiger charge is 1.84. The topological polar surface area (TPSA) is 0 Å². The molecule has 0 saturated heterocycles. The first-order valence-electron chi connectivity index (χ1n) is 3.94. The summed E-state index contributed by atoms with van der Waals surface area (Å²) in [5.74, 6) is 1.86. The summed E-state index contributed by atoms with van der Waals surface area (Å²) in [4.78, 5) is 0. The Morgan fingerprint density at radius 3 is 1.44 bits per heavy atom. The lowest BCUT2D eigenvalue weighted by atomic mass is 10.3. The molecule has 1 heteroatoms. The highest BCUT2D eigenvalue weighted by molar-refractivity contribution is 6.35. The number of hydrogen-bond donors (Lipinski definition) is 0. The highest BCUT2D eigenvalue weighted by Crippen LogP contribution is 2.05. The van der Waals surface area contributed by atoms with E-state index in [9.17, 15) is 0 Å². The van der Waals surface area contributed by atoms with Crippen LogP contribution in [-0.4, -0.2) is 15.2 Å². The lowest BCUT2D eigenvalue weighted by Gasteiger charge is -2.18. The van der Waals surface area contributed by atoms with E-state index in [0.717, 1.165) is 27.1 Å². The third-order valence-electron chi connectivity index (χ3n) is 1.28. The van der Waals surface area contributed by atoms with Gasteiger partial charge in [0.05, 0.1) is 0 Å². The van der Waals surface area contributed by atoms with Crippen LogP contribution < -0.4 is 0 Å². The minimum Gasteiger partial charge on any atom is -0.258 e. The normalized spacial score (nSPS) is 11.3. The van der Waals surface area contributed by atoms with Crippen molar-refractivity contribution in [2.75, 3.05) is 0 Å². The Morgan fingerprint density at radius 1 is 0.889 bits per heavy atom. The van der Waals surface area contributed by atoms with Gasteiger partial charge in [-0.05, 0) is 0 Å². The van der Waals surface area contributed by atoms with E-state index in [2.05, 4.69) is 27.7 Å². The van der Waals surface area contributed by atoms with Gasteiger partial charge in [0.1, 0.15) is 0 Å². The molecule has 0 bridgehead atoms. The van der Waals surface area contributed by atoms with Crippen LogP contribution in [0.2, 0.25) is 10.6 Å². The Morgan fingerprint density at radius 2 is 1.22 bits per heavy atom. The van der Waals surface area contributed by atoms with Crippen molar-refractivity contribution >= 4 is 15.2 Å². The predicted octanol–water partition coefficient (Wildman–Crippen LogP) is 2.84. The largest absolute Gasteiger partial charge is 0.258 e. The molecule has 0 heterocycles. The van der Waals surface area contributed by atoms with E-state index in [1.54, 1.807) is 0 Å². The van der Waals surface area contributed by atoms with Crippen LogP contribution in [0.25, 0.3) is 0 Å². The third kappa shape index (κ3) is 8.53. The van der Waals surface area contributed by atoms with Crippen molar-refractivity contribution in [1.29, 1.82) is 0 Å². The first kappa shape index (κ1) is 9.53. The molecule has 0 aliphatic rings. The molecule has 0 fully saturated rings. The maximum absolute atomic E-state index is 2.31. The molecule has 0 rings (SSSR count). The third-order valence-corrected chi connectivity index (χ3v) is 3.83. The second kappa shape index (κ2) is 5.33. The Hall–Kier alpha value is 0.532. The summed E-state index contributed by atoms with van der Waals surface area (Å²) in [7, 11) is 0. The molecule has 0 spiro atoms. The van der Waals surface area contributed by atoms with Gasteiger partial charge in [0.15, 0.2) is 0 Å². The maximum Gasteiger partial charge on any atom is -0.0665 e. The van der Waals surface area contributed by atoms with Crippen LogP contribution >= 0.6 is 0 Å². The molecule has 0 aromatic carbocycles. The Balaban J connectivity index is 2.91. The average molecular weight is 141 g/mol. The Kier molecular flexibility index (Phi) is 5.64. The zero-order valence-electron chi connectivity index (χ0n) is 7.15. The standard InChI is InChI=1S/2C4H9.Al/c2*1-4(2)3;/h2*4H,1H2,2-3H3;/q;;-1. The van der Waals surface area contributed by atoms with E-state index >= 15 is 0 Å². The molecule has 0 nitrogen and oxygen atoms in total. The van der Waals surface area contributed by atoms with E-state index < -0.39 is 0 Å². The van der Waals surface area contributed by atoms with E-state index in [0.29, 0.717) is 0 Å². The maximum atomic E-state index is 2.31. The Bertz CT molecular complexity index is 49.6. The summed E-state index contributed by atoms with van der Waals surface area (Å²) in [6.45, 7) is 9.25. The quantitative estimate of drug-likeness (QED) is 0.528. The summed E-state index contributed by atoms with van der Waals surface area (Å²) in [6, 6.07) is 0. The molecular weight excluding hydrogens is 123 g/mol. The van der Waals surface area contributed by atoms with Crippen molar-refractivity contribution in [3.8, 4) is 0 Å². The van der Waals surface area contributed by atoms with Crippen LogP contribution in [0.5, 0.6) is 0 Å². The average Bonchev–Trinajstić information content (AvgIpc) is 1.63. The molecule has 0 aromatic rings. The van der Waals surface area contributed by atoms with Crippen LogP contribution in [0.3, 0.4) is 0 Å². The van der Waals surface area contributed by atoms with E-state index in [1.165, 1.54) is 10.6 Å². The minimum atomic E-state index is 0.755. The fourth-order valence-corrected chi connectivity index (χ4v) is 2.29. The van der Waals surface area contributed by atoms with Gasteiger partial charge < -0.3 is 0 Å². The molecule has 9 heavy (non-hydrogen) atoms. The second-order valence-corrected chi connectivity index (χ2v) is 5.07. The molecular formula is C8H18Al-. The predicted molar refractivity (Wildman–Crippen MR) is 45.0 cm³/mol. The zero-order chi connectivity index (χ0) is 7.28. The molecule has 0 saturated carbocycles. The van der Waals surface area contributed by atoms with E-state index in [1.807, 2.05) is 0 Å². The summed E-state index contributed by atoms with van der Waals surface area (Å²) in [5.41, 5.74) is 0. The lowest BCUT2D eigenvalue weighted by molar-refractivity contribution is 0.700. The molecule has 2 radical (unpaired) electrons. The van der Waals surface area contributed by atoms with Crippen molar-refractivity contribution in [2.45, 2.75) is 38.3 Å². The van der Waals surface area contributed by atoms with Crippen molar-refractivity contribution in [2.24, 2.45) is 11.8 Å². The smallest absolute Gasteiger partial charge is 0.0665 e. The second-order valence-electron chi connectivity index (χ2n) is 3.55. The molecule has 0 aliphatic carbocycles. The summed E-state index contributed by atoms with van der Waals surface area (Å²) in [6.07, 6.45) is 0. The fraction of sp³-hybridized carbons (Fsp3) is 1.00. The van der Waals surface area contributed by atoms with Gasteiger partial charge in [0.25, 0.3) is 0 Å². The fourth-order valence-electron chi connectivity index (χ4n) is 0.763. The van der Waals surface area contributed by atoms with Gasteiger partial charge >= 0.3 is 0 Å². The van der Waals surface area contributed by atoms with E-state index in [-0.39, 0.29) is 0 Å². The number of rotatable bonds is 4. The molecule has 54 valence electrons. The molecule has 0 amide bonds. The van der Waals surface area contributed by atoms with Crippen LogP contribution in [0.4, 0.5) is 0 Å². The first-order chi connectivity index (χ1) is 4.13. The highest BCUT2D eigenvalue weighted by atomic mass is 27.1. The van der Waals surface area contributed by atoms with Gasteiger partial charge in [-0.1, -0.05) is 39.5 Å². The SMILES string of the molecule is CC(C)[CH2][Al-][CH2]C(C)C. The summed E-state index contributed by atoms with van der Waals surface area (Å²) < 4.78 is 0. The van der Waals surface area contributed by atoms with Crippen molar-refractivity contribution in [1.82, 2.24) is 0 Å². The summed E-state index contributed by atoms with van der Waals surface area (Å²) in [5, 5.41) is 2.97. The molecule has 0 aliphatic heterocycles. The van der Waals surface area contributed by atoms with Gasteiger partial charge in [-0.3, -0.25) is 25.8 Å². The summed E-state index contributed by atoms with van der Waals surface area (Å²) >= 11 is 0.755. The van der Waals surface area contributed by atoms with Gasteiger partial charge in [-0.2, -0.15) is 0 Å². The first-order valence-corrected chi connectivity index (χ1v) is 5.58. The van der Waals surface area contributed by atoms with Gasteiger partial charge in [-0.15, -0.1) is 0 Å². The van der Waals surface area contributed by atoms with Gasteiger partial charge in [0.2, 0.25) is 0 Å². The number of hydrogen-bond acceptors (Lipinski definition) is 0. The zero-order valence-corrected chi connectivity index (χ0v) is 8.30. The van der Waals surface area contributed by atoms with Crippen LogP contribution in [0.15, 0.2) is 0 Å². The van der Waals surface area contributed by atoms with Crippen molar-refractivity contribution < 1.29 is 0 Å².